The second-order valence-electron chi connectivity index (χ2n) is 5.14. The van der Waals surface area contributed by atoms with E-state index in [0.29, 0.717) is 11.3 Å². The second-order valence-corrected chi connectivity index (χ2v) is 6.25. The molecule has 2 nitrogen and oxygen atoms in total. The smallest absolute Gasteiger partial charge is 0.331 e. The largest absolute Gasteiger partial charge is 0.478 e. The predicted molar refractivity (Wildman–Crippen MR) is 85.9 cm³/mol. The highest BCUT2D eigenvalue weighted by molar-refractivity contribution is 7.99. The molecule has 0 aliphatic heterocycles. The number of thioether (sulfide) groups is 1. The van der Waals surface area contributed by atoms with Crippen molar-refractivity contribution in [2.45, 2.75) is 71.1 Å². The van der Waals surface area contributed by atoms with Gasteiger partial charge in [0.05, 0.1) is 0 Å². The molecule has 0 heterocycles. The molecule has 19 heavy (non-hydrogen) atoms. The molecule has 0 aromatic carbocycles. The summed E-state index contributed by atoms with van der Waals surface area (Å²) in [6.07, 6.45) is 13.5. The van der Waals surface area contributed by atoms with Crippen LogP contribution in [0.5, 0.6) is 0 Å². The molecule has 3 heteroatoms. The Balaban J connectivity index is 3.07. The summed E-state index contributed by atoms with van der Waals surface area (Å²) in [6.45, 7) is 5.78. The van der Waals surface area contributed by atoms with E-state index in [1.807, 2.05) is 0 Å². The zero-order valence-corrected chi connectivity index (χ0v) is 13.3. The first kappa shape index (κ1) is 18.6. The number of carboxylic acid groups (broad SMARTS) is 1. The van der Waals surface area contributed by atoms with Gasteiger partial charge in [-0.25, -0.2) is 4.79 Å². The Morgan fingerprint density at radius 1 is 0.947 bits per heavy atom. The number of rotatable bonds is 14. The standard InChI is InChI=1S/C16H30O2S/c1-3-4-5-6-7-8-9-10-11-12-13-19-14-15(2)16(17)18/h2-14H2,1H3,(H,17,18). The first-order valence-corrected chi connectivity index (χ1v) is 8.82. The molecule has 0 rings (SSSR count). The number of hydrogen-bond acceptors (Lipinski definition) is 2. The zero-order valence-electron chi connectivity index (χ0n) is 12.5. The molecular formula is C16H30O2S. The summed E-state index contributed by atoms with van der Waals surface area (Å²) in [5, 5.41) is 8.65. The lowest BCUT2D eigenvalue weighted by atomic mass is 10.1. The topological polar surface area (TPSA) is 37.3 Å². The van der Waals surface area contributed by atoms with Crippen molar-refractivity contribution in [1.82, 2.24) is 0 Å². The van der Waals surface area contributed by atoms with Crippen LogP contribution in [-0.4, -0.2) is 22.6 Å². The Labute approximate surface area is 123 Å². The fourth-order valence-corrected chi connectivity index (χ4v) is 2.87. The summed E-state index contributed by atoms with van der Waals surface area (Å²) < 4.78 is 0. The van der Waals surface area contributed by atoms with E-state index < -0.39 is 5.97 Å². The van der Waals surface area contributed by atoms with Crippen LogP contribution in [0.25, 0.3) is 0 Å². The lowest BCUT2D eigenvalue weighted by molar-refractivity contribution is -0.132. The minimum atomic E-state index is -0.865. The van der Waals surface area contributed by atoms with Gasteiger partial charge in [0.1, 0.15) is 0 Å². The number of unbranched alkanes of at least 4 members (excludes halogenated alkanes) is 9. The summed E-state index contributed by atoms with van der Waals surface area (Å²) in [5.41, 5.74) is 0.317. The van der Waals surface area contributed by atoms with Crippen LogP contribution in [0, 0.1) is 0 Å². The first-order chi connectivity index (χ1) is 9.18. The Bertz CT molecular complexity index is 239. The summed E-state index contributed by atoms with van der Waals surface area (Å²) in [4.78, 5) is 10.5. The summed E-state index contributed by atoms with van der Waals surface area (Å²) in [7, 11) is 0. The van der Waals surface area contributed by atoms with E-state index in [9.17, 15) is 4.79 Å². The van der Waals surface area contributed by atoms with Crippen LogP contribution in [0.1, 0.15) is 71.1 Å². The molecule has 112 valence electrons. The second kappa shape index (κ2) is 14.0. The maximum atomic E-state index is 10.5. The van der Waals surface area contributed by atoms with Gasteiger partial charge in [0.2, 0.25) is 0 Å². The molecule has 0 amide bonds. The molecule has 0 fully saturated rings. The SMILES string of the molecule is C=C(CSCCCCCCCCCCCC)C(=O)O. The molecule has 0 aliphatic carbocycles. The van der Waals surface area contributed by atoms with Crippen molar-refractivity contribution in [2.75, 3.05) is 11.5 Å². The molecule has 0 aromatic heterocycles. The maximum absolute atomic E-state index is 10.5. The molecule has 0 aliphatic rings. The lowest BCUT2D eigenvalue weighted by Crippen LogP contribution is -2.01. The molecule has 0 unspecified atom stereocenters. The van der Waals surface area contributed by atoms with Gasteiger partial charge in [0, 0.05) is 11.3 Å². The van der Waals surface area contributed by atoms with Crippen LogP contribution < -0.4 is 0 Å². The third kappa shape index (κ3) is 13.8. The van der Waals surface area contributed by atoms with Gasteiger partial charge in [0.25, 0.3) is 0 Å². The van der Waals surface area contributed by atoms with Gasteiger partial charge < -0.3 is 5.11 Å². The van der Waals surface area contributed by atoms with E-state index in [-0.39, 0.29) is 0 Å². The molecule has 0 radical (unpaired) electrons. The van der Waals surface area contributed by atoms with Gasteiger partial charge >= 0.3 is 5.97 Å². The molecule has 0 bridgehead atoms. The Morgan fingerprint density at radius 2 is 1.42 bits per heavy atom. The minimum absolute atomic E-state index is 0.317. The van der Waals surface area contributed by atoms with E-state index in [1.165, 1.54) is 64.2 Å². The van der Waals surface area contributed by atoms with E-state index in [2.05, 4.69) is 13.5 Å². The van der Waals surface area contributed by atoms with Gasteiger partial charge in [-0.3, -0.25) is 0 Å². The van der Waals surface area contributed by atoms with E-state index in [1.54, 1.807) is 11.8 Å². The Hall–Kier alpha value is -0.440. The molecule has 0 aromatic rings. The summed E-state index contributed by atoms with van der Waals surface area (Å²) >= 11 is 1.69. The van der Waals surface area contributed by atoms with Crippen LogP contribution >= 0.6 is 11.8 Å². The number of hydrogen-bond donors (Lipinski definition) is 1. The van der Waals surface area contributed by atoms with E-state index in [0.717, 1.165) is 5.75 Å². The highest BCUT2D eigenvalue weighted by Crippen LogP contribution is 2.13. The first-order valence-electron chi connectivity index (χ1n) is 7.67. The van der Waals surface area contributed by atoms with Crippen LogP contribution in [0.3, 0.4) is 0 Å². The maximum Gasteiger partial charge on any atom is 0.331 e. The highest BCUT2D eigenvalue weighted by Gasteiger charge is 2.02. The van der Waals surface area contributed by atoms with Crippen LogP contribution in [0.15, 0.2) is 12.2 Å². The Kier molecular flexibility index (Phi) is 13.7. The Morgan fingerprint density at radius 3 is 1.89 bits per heavy atom. The van der Waals surface area contributed by atoms with Crippen molar-refractivity contribution >= 4 is 17.7 Å². The normalized spacial score (nSPS) is 10.6. The van der Waals surface area contributed by atoms with E-state index >= 15 is 0 Å². The molecule has 0 saturated carbocycles. The minimum Gasteiger partial charge on any atom is -0.478 e. The number of carbonyl (C=O) groups is 1. The number of aliphatic carboxylic acids is 1. The van der Waals surface area contributed by atoms with Crippen LogP contribution in [-0.2, 0) is 4.79 Å². The molecule has 1 N–H and O–H groups in total. The average molecular weight is 286 g/mol. The van der Waals surface area contributed by atoms with Crippen molar-refractivity contribution in [3.63, 3.8) is 0 Å². The van der Waals surface area contributed by atoms with E-state index in [4.69, 9.17) is 5.11 Å². The molecule has 0 saturated heterocycles. The fraction of sp³-hybridized carbons (Fsp3) is 0.812. The third-order valence-corrected chi connectivity index (χ3v) is 4.35. The van der Waals surface area contributed by atoms with Crippen LogP contribution in [0.4, 0.5) is 0 Å². The van der Waals surface area contributed by atoms with Crippen molar-refractivity contribution in [3.8, 4) is 0 Å². The van der Waals surface area contributed by atoms with Gasteiger partial charge in [-0.1, -0.05) is 71.3 Å². The van der Waals surface area contributed by atoms with Gasteiger partial charge in [-0.15, -0.1) is 0 Å². The summed E-state index contributed by atoms with van der Waals surface area (Å²) in [5.74, 6) is 0.755. The van der Waals surface area contributed by atoms with Crippen molar-refractivity contribution in [2.24, 2.45) is 0 Å². The third-order valence-electron chi connectivity index (χ3n) is 3.22. The molecule has 0 atom stereocenters. The van der Waals surface area contributed by atoms with Crippen molar-refractivity contribution in [3.05, 3.63) is 12.2 Å². The summed E-state index contributed by atoms with van der Waals surface area (Å²) in [6, 6.07) is 0. The lowest BCUT2D eigenvalue weighted by Gasteiger charge is -2.03. The monoisotopic (exact) mass is 286 g/mol. The number of carboxylic acids is 1. The molecule has 0 spiro atoms. The van der Waals surface area contributed by atoms with Crippen LogP contribution in [0.2, 0.25) is 0 Å². The quantitative estimate of drug-likeness (QED) is 0.348. The van der Waals surface area contributed by atoms with Crippen molar-refractivity contribution in [1.29, 1.82) is 0 Å². The van der Waals surface area contributed by atoms with Gasteiger partial charge in [-0.2, -0.15) is 11.8 Å². The average Bonchev–Trinajstić information content (AvgIpc) is 2.39. The van der Waals surface area contributed by atoms with Gasteiger partial charge in [0.15, 0.2) is 0 Å². The zero-order chi connectivity index (χ0) is 14.3. The highest BCUT2D eigenvalue weighted by atomic mass is 32.2. The fourth-order valence-electron chi connectivity index (χ4n) is 1.95. The molecular weight excluding hydrogens is 256 g/mol. The van der Waals surface area contributed by atoms with Gasteiger partial charge in [-0.05, 0) is 12.2 Å². The van der Waals surface area contributed by atoms with Crippen molar-refractivity contribution < 1.29 is 9.90 Å². The predicted octanol–water partition coefficient (Wildman–Crippen LogP) is 5.28.